The Kier molecular flexibility index (Phi) is 6.71. The molecule has 0 bridgehead atoms. The molecule has 2 aromatic carbocycles. The standard InChI is InChI=1S/C23H24ClN3O6/c1-27-18-8-7-16(11-21(28)29)33-20(18)12-32-19-9-6-15(10-17(19)22(27)30)26-23(31)25-14-4-2-13(24)3-5-14/h2-6,9-10,16,18,20H,7-8,11-12H2,1H3,(H,28,29)(H2,25,26,31)/t16-,18+,20-/m0/s1. The number of carboxylic acids is 1. The molecule has 174 valence electrons. The minimum Gasteiger partial charge on any atom is -0.490 e. The fraction of sp³-hybridized carbons (Fsp3) is 0.348. The predicted molar refractivity (Wildman–Crippen MR) is 122 cm³/mol. The van der Waals surface area contributed by atoms with Crippen LogP contribution in [0.5, 0.6) is 5.75 Å². The topological polar surface area (TPSA) is 117 Å². The van der Waals surface area contributed by atoms with Crippen LogP contribution >= 0.6 is 11.6 Å². The normalized spacial score (nSPS) is 22.2. The molecule has 0 spiro atoms. The summed E-state index contributed by atoms with van der Waals surface area (Å²) >= 11 is 5.86. The summed E-state index contributed by atoms with van der Waals surface area (Å²) in [5.74, 6) is -0.806. The Hall–Kier alpha value is -3.30. The van der Waals surface area contributed by atoms with Crippen LogP contribution in [0.25, 0.3) is 0 Å². The Morgan fingerprint density at radius 2 is 1.82 bits per heavy atom. The van der Waals surface area contributed by atoms with E-state index in [0.717, 1.165) is 0 Å². The lowest BCUT2D eigenvalue weighted by atomic mass is 9.94. The number of hydrogen-bond acceptors (Lipinski definition) is 5. The summed E-state index contributed by atoms with van der Waals surface area (Å²) in [5.41, 5.74) is 1.34. The first-order valence-corrected chi connectivity index (χ1v) is 10.9. The van der Waals surface area contributed by atoms with Gasteiger partial charge in [-0.1, -0.05) is 11.6 Å². The van der Waals surface area contributed by atoms with Crippen LogP contribution < -0.4 is 15.4 Å². The molecular weight excluding hydrogens is 450 g/mol. The summed E-state index contributed by atoms with van der Waals surface area (Å²) < 4.78 is 11.8. The smallest absolute Gasteiger partial charge is 0.323 e. The number of rotatable bonds is 4. The molecule has 1 saturated heterocycles. The molecule has 3 N–H and O–H groups in total. The highest BCUT2D eigenvalue weighted by atomic mass is 35.5. The van der Waals surface area contributed by atoms with E-state index in [9.17, 15) is 14.4 Å². The number of hydrogen-bond donors (Lipinski definition) is 3. The molecule has 4 rings (SSSR count). The third kappa shape index (κ3) is 5.37. The van der Waals surface area contributed by atoms with Gasteiger partial charge in [0.15, 0.2) is 0 Å². The second-order valence-corrected chi connectivity index (χ2v) is 8.50. The number of nitrogens with zero attached hydrogens (tertiary/aromatic N) is 1. The summed E-state index contributed by atoms with van der Waals surface area (Å²) in [6.07, 6.45) is 0.258. The number of carbonyl (C=O) groups excluding carboxylic acids is 2. The van der Waals surface area contributed by atoms with Gasteiger partial charge in [0.25, 0.3) is 5.91 Å². The first kappa shape index (κ1) is 22.9. The lowest BCUT2D eigenvalue weighted by Crippen LogP contribution is -2.53. The van der Waals surface area contributed by atoms with Gasteiger partial charge in [0, 0.05) is 23.4 Å². The molecule has 33 heavy (non-hydrogen) atoms. The van der Waals surface area contributed by atoms with Crippen molar-refractivity contribution in [1.29, 1.82) is 0 Å². The minimum atomic E-state index is -0.917. The molecular formula is C23H24ClN3O6. The molecule has 0 aromatic heterocycles. The van der Waals surface area contributed by atoms with Crippen molar-refractivity contribution in [2.75, 3.05) is 24.3 Å². The molecule has 2 aliphatic heterocycles. The van der Waals surface area contributed by atoms with E-state index in [2.05, 4.69) is 10.6 Å². The summed E-state index contributed by atoms with van der Waals surface area (Å²) in [6, 6.07) is 10.8. The van der Waals surface area contributed by atoms with Crippen molar-refractivity contribution in [2.45, 2.75) is 37.5 Å². The number of aliphatic carboxylic acids is 1. The maximum Gasteiger partial charge on any atom is 0.323 e. The molecule has 0 unspecified atom stereocenters. The molecule has 2 heterocycles. The fourth-order valence-electron chi connectivity index (χ4n) is 4.13. The zero-order valence-electron chi connectivity index (χ0n) is 17.9. The molecule has 0 radical (unpaired) electrons. The first-order chi connectivity index (χ1) is 15.8. The van der Waals surface area contributed by atoms with Gasteiger partial charge in [0.2, 0.25) is 0 Å². The van der Waals surface area contributed by atoms with E-state index in [4.69, 9.17) is 26.2 Å². The highest BCUT2D eigenvalue weighted by Crippen LogP contribution is 2.32. The van der Waals surface area contributed by atoms with Crippen molar-refractivity contribution >= 4 is 40.9 Å². The molecule has 0 saturated carbocycles. The fourth-order valence-corrected chi connectivity index (χ4v) is 4.25. The lowest BCUT2D eigenvalue weighted by molar-refractivity contribution is -0.148. The van der Waals surface area contributed by atoms with Gasteiger partial charge in [-0.15, -0.1) is 0 Å². The first-order valence-electron chi connectivity index (χ1n) is 10.5. The second-order valence-electron chi connectivity index (χ2n) is 8.06. The molecule has 3 atom stereocenters. The zero-order chi connectivity index (χ0) is 23.5. The Morgan fingerprint density at radius 1 is 1.12 bits per heavy atom. The third-order valence-corrected chi connectivity index (χ3v) is 6.03. The van der Waals surface area contributed by atoms with E-state index in [-0.39, 0.29) is 25.0 Å². The van der Waals surface area contributed by atoms with E-state index < -0.39 is 24.2 Å². The number of amides is 3. The number of ether oxygens (including phenoxy) is 2. The van der Waals surface area contributed by atoms with E-state index in [1.54, 1.807) is 54.4 Å². The van der Waals surface area contributed by atoms with Crippen molar-refractivity contribution in [2.24, 2.45) is 0 Å². The van der Waals surface area contributed by atoms with Gasteiger partial charge in [-0.3, -0.25) is 9.59 Å². The molecule has 2 aromatic rings. The molecule has 3 amide bonds. The molecule has 1 fully saturated rings. The SMILES string of the molecule is CN1C(=O)c2cc(NC(=O)Nc3ccc(Cl)cc3)ccc2OC[C@@H]2O[C@H](CC(=O)O)CC[C@H]21. The van der Waals surface area contributed by atoms with E-state index >= 15 is 0 Å². The largest absolute Gasteiger partial charge is 0.490 e. The lowest BCUT2D eigenvalue weighted by Gasteiger charge is -2.42. The van der Waals surface area contributed by atoms with Crippen molar-refractivity contribution in [3.05, 3.63) is 53.1 Å². The van der Waals surface area contributed by atoms with E-state index in [0.29, 0.717) is 40.6 Å². The van der Waals surface area contributed by atoms with Crippen LogP contribution in [-0.2, 0) is 9.53 Å². The van der Waals surface area contributed by atoms with Crippen LogP contribution in [0.3, 0.4) is 0 Å². The highest BCUT2D eigenvalue weighted by Gasteiger charge is 2.39. The van der Waals surface area contributed by atoms with Crippen LogP contribution in [0.4, 0.5) is 16.2 Å². The number of fused-ring (bicyclic) bond motifs is 2. The summed E-state index contributed by atoms with van der Waals surface area (Å²) in [6.45, 7) is 0.190. The van der Waals surface area contributed by atoms with Crippen molar-refractivity contribution in [3.8, 4) is 5.75 Å². The summed E-state index contributed by atoms with van der Waals surface area (Å²) in [5, 5.41) is 15.0. The van der Waals surface area contributed by atoms with Crippen LogP contribution in [-0.4, -0.2) is 59.8 Å². The number of anilines is 2. The van der Waals surface area contributed by atoms with Gasteiger partial charge in [-0.2, -0.15) is 0 Å². The molecule has 0 aliphatic carbocycles. The molecule has 10 heteroatoms. The van der Waals surface area contributed by atoms with Crippen LogP contribution in [0, 0.1) is 0 Å². The van der Waals surface area contributed by atoms with Gasteiger partial charge in [-0.05, 0) is 55.3 Å². The minimum absolute atomic E-state index is 0.0788. The Labute approximate surface area is 195 Å². The number of halogens is 1. The van der Waals surface area contributed by atoms with E-state index in [1.165, 1.54) is 0 Å². The zero-order valence-corrected chi connectivity index (χ0v) is 18.7. The number of nitrogens with one attached hydrogen (secondary N) is 2. The predicted octanol–water partition coefficient (Wildman–Crippen LogP) is 3.84. The van der Waals surface area contributed by atoms with Crippen molar-refractivity contribution in [3.63, 3.8) is 0 Å². The maximum absolute atomic E-state index is 13.2. The number of carbonyl (C=O) groups is 3. The van der Waals surface area contributed by atoms with Gasteiger partial charge in [0.1, 0.15) is 18.5 Å². The monoisotopic (exact) mass is 473 g/mol. The quantitative estimate of drug-likeness (QED) is 0.621. The van der Waals surface area contributed by atoms with Crippen LogP contribution in [0.2, 0.25) is 5.02 Å². The van der Waals surface area contributed by atoms with Crippen molar-refractivity contribution < 1.29 is 29.0 Å². The number of benzene rings is 2. The van der Waals surface area contributed by atoms with Gasteiger partial charge in [-0.25, -0.2) is 4.79 Å². The second kappa shape index (κ2) is 9.68. The highest BCUT2D eigenvalue weighted by molar-refractivity contribution is 6.30. The summed E-state index contributed by atoms with van der Waals surface area (Å²) in [4.78, 5) is 38.2. The van der Waals surface area contributed by atoms with Gasteiger partial charge >= 0.3 is 12.0 Å². The maximum atomic E-state index is 13.2. The van der Waals surface area contributed by atoms with Gasteiger partial charge in [0.05, 0.1) is 24.1 Å². The van der Waals surface area contributed by atoms with Crippen LogP contribution in [0.1, 0.15) is 29.6 Å². The summed E-state index contributed by atoms with van der Waals surface area (Å²) in [7, 11) is 1.70. The van der Waals surface area contributed by atoms with E-state index in [1.807, 2.05) is 0 Å². The number of urea groups is 1. The Balaban J connectivity index is 1.48. The molecule has 2 aliphatic rings. The van der Waals surface area contributed by atoms with Crippen molar-refractivity contribution in [1.82, 2.24) is 4.90 Å². The third-order valence-electron chi connectivity index (χ3n) is 5.77. The average molecular weight is 474 g/mol. The Bertz CT molecular complexity index is 1060. The molecule has 9 nitrogen and oxygen atoms in total. The Morgan fingerprint density at radius 3 is 2.55 bits per heavy atom. The van der Waals surface area contributed by atoms with Gasteiger partial charge < -0.3 is 30.1 Å². The number of carboxylic acid groups (broad SMARTS) is 1. The van der Waals surface area contributed by atoms with Crippen LogP contribution in [0.15, 0.2) is 42.5 Å². The average Bonchev–Trinajstić information content (AvgIpc) is 2.78. The number of likely N-dealkylation sites (N-methyl/N-ethyl adjacent to an activating group) is 1.